The van der Waals surface area contributed by atoms with Crippen LogP contribution in [0.2, 0.25) is 0 Å². The molecule has 3 nitrogen and oxygen atoms in total. The molecule has 1 aliphatic heterocycles. The number of carbonyl (C=O) groups is 1. The highest BCUT2D eigenvalue weighted by Crippen LogP contribution is 2.39. The van der Waals surface area contributed by atoms with Crippen molar-refractivity contribution < 1.29 is 31.1 Å². The Kier molecular flexibility index (Phi) is 6.20. The van der Waals surface area contributed by atoms with E-state index < -0.39 is 35.4 Å². The quantitative estimate of drug-likeness (QED) is 0.346. The lowest BCUT2D eigenvalue weighted by molar-refractivity contribution is -0.138. The fraction of sp³-hybridized carbons (Fsp3) is 0.125. The van der Waals surface area contributed by atoms with Crippen LogP contribution in [0.1, 0.15) is 22.7 Å². The zero-order valence-electron chi connectivity index (χ0n) is 17.1. The Hall–Kier alpha value is -3.27. The van der Waals surface area contributed by atoms with Crippen molar-refractivity contribution in [3.05, 3.63) is 106 Å². The van der Waals surface area contributed by atoms with Gasteiger partial charge in [0.15, 0.2) is 0 Å². The molecule has 4 rings (SSSR count). The van der Waals surface area contributed by atoms with Crippen LogP contribution in [0.3, 0.4) is 0 Å². The second-order valence-electron chi connectivity index (χ2n) is 7.50. The maximum absolute atomic E-state index is 13.3. The third-order valence-electron chi connectivity index (χ3n) is 5.18. The van der Waals surface area contributed by atoms with Crippen LogP contribution in [0.4, 0.5) is 37.7 Å². The molecule has 0 aliphatic carbocycles. The SMILES string of the molecule is O=C1C(Nc2cccc(C(F)(F)F)c2)=C[C@@H](c2ccc(Br)cc2)N1c1cccc(C(F)(F)F)c1. The molecule has 1 N–H and O–H groups in total. The minimum Gasteiger partial charge on any atom is -0.351 e. The Bertz CT molecular complexity index is 1250. The van der Waals surface area contributed by atoms with Crippen LogP contribution in [0.5, 0.6) is 0 Å². The van der Waals surface area contributed by atoms with Crippen LogP contribution in [0, 0.1) is 0 Å². The molecule has 0 aromatic heterocycles. The largest absolute Gasteiger partial charge is 0.416 e. The number of benzene rings is 3. The molecule has 0 radical (unpaired) electrons. The number of nitrogens with zero attached hydrogens (tertiary/aromatic N) is 1. The molecule has 0 saturated heterocycles. The van der Waals surface area contributed by atoms with E-state index in [9.17, 15) is 31.1 Å². The van der Waals surface area contributed by atoms with Gasteiger partial charge in [-0.3, -0.25) is 9.69 Å². The predicted molar refractivity (Wildman–Crippen MR) is 119 cm³/mol. The van der Waals surface area contributed by atoms with Crippen molar-refractivity contribution in [3.8, 4) is 0 Å². The molecule has 0 saturated carbocycles. The molecule has 1 aliphatic rings. The van der Waals surface area contributed by atoms with E-state index in [4.69, 9.17) is 0 Å². The lowest BCUT2D eigenvalue weighted by atomic mass is 10.1. The van der Waals surface area contributed by atoms with Gasteiger partial charge in [-0.25, -0.2) is 0 Å². The predicted octanol–water partition coefficient (Wildman–Crippen LogP) is 7.57. The standard InChI is InChI=1S/C24H15BrF6N2O/c25-17-9-7-14(8-10-17)21-13-20(32-18-5-1-3-15(11-18)23(26,27)28)22(34)33(21)19-6-2-4-16(12-19)24(29,30)31/h1-13,21,32H/t21-/m0/s1. The maximum Gasteiger partial charge on any atom is 0.416 e. The fourth-order valence-corrected chi connectivity index (χ4v) is 3.86. The van der Waals surface area contributed by atoms with Gasteiger partial charge in [-0.15, -0.1) is 0 Å². The number of nitrogens with one attached hydrogen (secondary N) is 1. The van der Waals surface area contributed by atoms with Crippen molar-refractivity contribution in [2.24, 2.45) is 0 Å². The molecular formula is C24H15BrF6N2O. The zero-order chi connectivity index (χ0) is 24.7. The minimum absolute atomic E-state index is 0.00448. The molecule has 176 valence electrons. The van der Waals surface area contributed by atoms with E-state index >= 15 is 0 Å². The summed E-state index contributed by atoms with van der Waals surface area (Å²) in [5.74, 6) is -0.676. The highest BCUT2D eigenvalue weighted by atomic mass is 79.9. The van der Waals surface area contributed by atoms with Gasteiger partial charge in [-0.2, -0.15) is 26.3 Å². The van der Waals surface area contributed by atoms with Gasteiger partial charge in [-0.05, 0) is 60.2 Å². The monoisotopic (exact) mass is 540 g/mol. The lowest BCUT2D eigenvalue weighted by Crippen LogP contribution is -2.31. The van der Waals surface area contributed by atoms with Crippen LogP contribution in [-0.4, -0.2) is 5.91 Å². The van der Waals surface area contributed by atoms with Crippen LogP contribution < -0.4 is 10.2 Å². The summed E-state index contributed by atoms with van der Waals surface area (Å²) in [4.78, 5) is 14.5. The van der Waals surface area contributed by atoms with Crippen molar-refractivity contribution >= 4 is 33.2 Å². The van der Waals surface area contributed by atoms with E-state index in [1.807, 2.05) is 0 Å². The number of halogens is 7. The second kappa shape index (κ2) is 8.83. The topological polar surface area (TPSA) is 32.3 Å². The Morgan fingerprint density at radius 3 is 2.00 bits per heavy atom. The molecule has 0 unspecified atom stereocenters. The third kappa shape index (κ3) is 4.96. The van der Waals surface area contributed by atoms with Crippen LogP contribution in [0.25, 0.3) is 0 Å². The van der Waals surface area contributed by atoms with Gasteiger partial charge in [0.2, 0.25) is 0 Å². The molecule has 34 heavy (non-hydrogen) atoms. The van der Waals surface area contributed by atoms with Crippen molar-refractivity contribution in [1.29, 1.82) is 0 Å². The summed E-state index contributed by atoms with van der Waals surface area (Å²) in [5, 5.41) is 2.70. The first-order valence-corrected chi connectivity index (χ1v) is 10.7. The summed E-state index contributed by atoms with van der Waals surface area (Å²) in [6.45, 7) is 0. The zero-order valence-corrected chi connectivity index (χ0v) is 18.7. The number of alkyl halides is 6. The molecule has 1 heterocycles. The first-order valence-electron chi connectivity index (χ1n) is 9.86. The number of hydrogen-bond donors (Lipinski definition) is 1. The Labute approximate surface area is 198 Å². The van der Waals surface area contributed by atoms with Gasteiger partial charge in [-0.1, -0.05) is 40.2 Å². The molecule has 3 aromatic carbocycles. The van der Waals surface area contributed by atoms with Crippen molar-refractivity contribution in [2.45, 2.75) is 18.4 Å². The summed E-state index contributed by atoms with van der Waals surface area (Å²) in [6, 6.07) is 14.7. The first-order chi connectivity index (χ1) is 15.9. The van der Waals surface area contributed by atoms with Crippen LogP contribution in [0.15, 0.2) is 89.0 Å². The van der Waals surface area contributed by atoms with E-state index in [-0.39, 0.29) is 17.1 Å². The smallest absolute Gasteiger partial charge is 0.351 e. The van der Waals surface area contributed by atoms with Gasteiger partial charge >= 0.3 is 12.4 Å². The summed E-state index contributed by atoms with van der Waals surface area (Å²) < 4.78 is 79.9. The van der Waals surface area contributed by atoms with E-state index in [2.05, 4.69) is 21.2 Å². The Morgan fingerprint density at radius 1 is 0.794 bits per heavy atom. The average molecular weight is 541 g/mol. The Morgan fingerprint density at radius 2 is 1.38 bits per heavy atom. The molecule has 10 heteroatoms. The number of carbonyl (C=O) groups excluding carboxylic acids is 1. The molecule has 0 spiro atoms. The van der Waals surface area contributed by atoms with Gasteiger partial charge in [0.1, 0.15) is 5.70 Å². The molecule has 1 atom stereocenters. The van der Waals surface area contributed by atoms with Gasteiger partial charge in [0.25, 0.3) is 5.91 Å². The minimum atomic E-state index is -4.61. The number of hydrogen-bond acceptors (Lipinski definition) is 2. The summed E-state index contributed by atoms with van der Waals surface area (Å²) in [5.41, 5.74) is -1.24. The molecule has 3 aromatic rings. The molecular weight excluding hydrogens is 526 g/mol. The normalized spacial score (nSPS) is 16.6. The van der Waals surface area contributed by atoms with E-state index in [0.29, 0.717) is 5.56 Å². The van der Waals surface area contributed by atoms with Crippen LogP contribution >= 0.6 is 15.9 Å². The summed E-state index contributed by atoms with van der Waals surface area (Å²) in [7, 11) is 0. The summed E-state index contributed by atoms with van der Waals surface area (Å²) in [6.07, 6.45) is -7.71. The number of amides is 1. The van der Waals surface area contributed by atoms with Crippen molar-refractivity contribution in [3.63, 3.8) is 0 Å². The molecule has 0 bridgehead atoms. The number of rotatable bonds is 4. The third-order valence-corrected chi connectivity index (χ3v) is 5.71. The van der Waals surface area contributed by atoms with Crippen molar-refractivity contribution in [1.82, 2.24) is 0 Å². The van der Waals surface area contributed by atoms with E-state index in [1.54, 1.807) is 24.3 Å². The van der Waals surface area contributed by atoms with E-state index in [1.165, 1.54) is 35.2 Å². The lowest BCUT2D eigenvalue weighted by Gasteiger charge is -2.26. The first kappa shape index (κ1) is 23.9. The highest BCUT2D eigenvalue weighted by Gasteiger charge is 2.37. The average Bonchev–Trinajstić information content (AvgIpc) is 3.09. The number of anilines is 2. The summed E-state index contributed by atoms with van der Waals surface area (Å²) >= 11 is 3.31. The molecule has 1 amide bonds. The van der Waals surface area contributed by atoms with E-state index in [0.717, 1.165) is 28.7 Å². The second-order valence-corrected chi connectivity index (χ2v) is 8.42. The van der Waals surface area contributed by atoms with Gasteiger partial charge in [0.05, 0.1) is 17.2 Å². The maximum atomic E-state index is 13.3. The van der Waals surface area contributed by atoms with Crippen LogP contribution in [-0.2, 0) is 17.1 Å². The highest BCUT2D eigenvalue weighted by molar-refractivity contribution is 9.10. The van der Waals surface area contributed by atoms with Gasteiger partial charge in [0, 0.05) is 15.8 Å². The Balaban J connectivity index is 1.74. The molecule has 0 fully saturated rings. The van der Waals surface area contributed by atoms with Crippen molar-refractivity contribution in [2.75, 3.05) is 10.2 Å². The fourth-order valence-electron chi connectivity index (χ4n) is 3.60. The van der Waals surface area contributed by atoms with Gasteiger partial charge < -0.3 is 5.32 Å².